The number of alkyl halides is 3. The van der Waals surface area contributed by atoms with E-state index in [1.54, 1.807) is 0 Å². The van der Waals surface area contributed by atoms with Crippen molar-refractivity contribution in [1.29, 1.82) is 0 Å². The molecule has 0 saturated heterocycles. The van der Waals surface area contributed by atoms with E-state index in [9.17, 15) is 13.2 Å². The first-order valence-corrected chi connectivity index (χ1v) is 8.00. The molecular weight excluding hydrogens is 275 g/mol. The Labute approximate surface area is 123 Å². The maximum absolute atomic E-state index is 13.2. The number of halogens is 3. The van der Waals surface area contributed by atoms with Crippen LogP contribution < -0.4 is 5.32 Å². The third-order valence-electron chi connectivity index (χ3n) is 4.92. The maximum atomic E-state index is 13.2. The molecule has 0 spiro atoms. The summed E-state index contributed by atoms with van der Waals surface area (Å²) in [5.74, 6) is -1.20. The van der Waals surface area contributed by atoms with E-state index in [0.717, 1.165) is 31.4 Å². The second-order valence-electron chi connectivity index (χ2n) is 6.33. The molecule has 2 atom stereocenters. The summed E-state index contributed by atoms with van der Waals surface area (Å²) in [6.45, 7) is 0. The van der Waals surface area contributed by atoms with Crippen LogP contribution in [0, 0.1) is 5.92 Å². The van der Waals surface area contributed by atoms with Gasteiger partial charge in [-0.05, 0) is 55.7 Å². The van der Waals surface area contributed by atoms with E-state index in [4.69, 9.17) is 0 Å². The van der Waals surface area contributed by atoms with Crippen LogP contribution in [0.25, 0.3) is 0 Å². The van der Waals surface area contributed by atoms with Crippen molar-refractivity contribution < 1.29 is 13.2 Å². The SMILES string of the molecule is FC(F)(F)C1CCCCC1Nc1cccc2c1CCCC2. The van der Waals surface area contributed by atoms with Gasteiger partial charge in [0.15, 0.2) is 0 Å². The number of benzene rings is 1. The highest BCUT2D eigenvalue weighted by Gasteiger charge is 2.45. The molecule has 3 rings (SSSR count). The van der Waals surface area contributed by atoms with Crippen LogP contribution >= 0.6 is 0 Å². The molecule has 116 valence electrons. The lowest BCUT2D eigenvalue weighted by Crippen LogP contribution is -2.41. The normalized spacial score (nSPS) is 26.2. The van der Waals surface area contributed by atoms with Crippen molar-refractivity contribution in [2.45, 2.75) is 63.6 Å². The van der Waals surface area contributed by atoms with Gasteiger partial charge in [-0.3, -0.25) is 0 Å². The lowest BCUT2D eigenvalue weighted by Gasteiger charge is -2.35. The van der Waals surface area contributed by atoms with Gasteiger partial charge in [-0.1, -0.05) is 25.0 Å². The minimum atomic E-state index is -4.09. The third-order valence-corrected chi connectivity index (χ3v) is 4.92. The number of fused-ring (bicyclic) bond motifs is 1. The summed E-state index contributed by atoms with van der Waals surface area (Å²) in [7, 11) is 0. The highest BCUT2D eigenvalue weighted by atomic mass is 19.4. The second kappa shape index (κ2) is 5.90. The molecule has 0 bridgehead atoms. The molecular formula is C17H22F3N. The minimum absolute atomic E-state index is 0.260. The minimum Gasteiger partial charge on any atom is -0.381 e. The Morgan fingerprint density at radius 2 is 1.71 bits per heavy atom. The summed E-state index contributed by atoms with van der Waals surface area (Å²) < 4.78 is 39.6. The van der Waals surface area contributed by atoms with E-state index in [0.29, 0.717) is 12.8 Å². The molecule has 0 aromatic heterocycles. The summed E-state index contributed by atoms with van der Waals surface area (Å²) in [6, 6.07) is 5.57. The predicted molar refractivity (Wildman–Crippen MR) is 78.5 cm³/mol. The predicted octanol–water partition coefficient (Wildman–Crippen LogP) is 5.10. The van der Waals surface area contributed by atoms with E-state index in [1.165, 1.54) is 17.5 Å². The molecule has 1 fully saturated rings. The average molecular weight is 297 g/mol. The summed E-state index contributed by atoms with van der Waals surface area (Å²) in [5.41, 5.74) is 3.49. The number of nitrogens with one attached hydrogen (secondary N) is 1. The zero-order chi connectivity index (χ0) is 14.9. The van der Waals surface area contributed by atoms with Gasteiger partial charge in [-0.2, -0.15) is 13.2 Å². The first-order valence-electron chi connectivity index (χ1n) is 8.00. The number of hydrogen-bond acceptors (Lipinski definition) is 1. The van der Waals surface area contributed by atoms with Gasteiger partial charge >= 0.3 is 6.18 Å². The highest BCUT2D eigenvalue weighted by Crippen LogP contribution is 2.40. The van der Waals surface area contributed by atoms with Crippen molar-refractivity contribution in [3.05, 3.63) is 29.3 Å². The molecule has 0 radical (unpaired) electrons. The van der Waals surface area contributed by atoms with Gasteiger partial charge in [-0.15, -0.1) is 0 Å². The molecule has 2 aliphatic carbocycles. The topological polar surface area (TPSA) is 12.0 Å². The van der Waals surface area contributed by atoms with Crippen molar-refractivity contribution in [2.75, 3.05) is 5.32 Å². The van der Waals surface area contributed by atoms with Gasteiger partial charge in [0.25, 0.3) is 0 Å². The molecule has 2 unspecified atom stereocenters. The fourth-order valence-electron chi connectivity index (χ4n) is 3.81. The number of anilines is 1. The lowest BCUT2D eigenvalue weighted by atomic mass is 9.83. The molecule has 4 heteroatoms. The Balaban J connectivity index is 1.82. The Morgan fingerprint density at radius 1 is 0.952 bits per heavy atom. The van der Waals surface area contributed by atoms with Gasteiger partial charge in [0.2, 0.25) is 0 Å². The van der Waals surface area contributed by atoms with Crippen molar-refractivity contribution >= 4 is 5.69 Å². The molecule has 21 heavy (non-hydrogen) atoms. The van der Waals surface area contributed by atoms with Gasteiger partial charge in [0.1, 0.15) is 0 Å². The quantitative estimate of drug-likeness (QED) is 0.801. The van der Waals surface area contributed by atoms with Crippen LogP contribution in [0.15, 0.2) is 18.2 Å². The molecule has 1 N–H and O–H groups in total. The Morgan fingerprint density at radius 3 is 2.52 bits per heavy atom. The first-order chi connectivity index (χ1) is 10.1. The number of rotatable bonds is 2. The van der Waals surface area contributed by atoms with E-state index in [-0.39, 0.29) is 6.42 Å². The maximum Gasteiger partial charge on any atom is 0.393 e. The molecule has 1 nitrogen and oxygen atoms in total. The second-order valence-corrected chi connectivity index (χ2v) is 6.33. The first kappa shape index (κ1) is 14.7. The van der Waals surface area contributed by atoms with Crippen molar-refractivity contribution in [1.82, 2.24) is 0 Å². The average Bonchev–Trinajstić information content (AvgIpc) is 2.47. The molecule has 0 amide bonds. The Kier molecular flexibility index (Phi) is 4.14. The molecule has 2 aliphatic rings. The van der Waals surface area contributed by atoms with Crippen LogP contribution in [0.2, 0.25) is 0 Å². The van der Waals surface area contributed by atoms with Gasteiger partial charge in [0, 0.05) is 11.7 Å². The number of aryl methyl sites for hydroxylation is 1. The zero-order valence-electron chi connectivity index (χ0n) is 12.2. The van der Waals surface area contributed by atoms with Crippen LogP contribution in [-0.2, 0) is 12.8 Å². The van der Waals surface area contributed by atoms with Crippen LogP contribution in [-0.4, -0.2) is 12.2 Å². The van der Waals surface area contributed by atoms with Crippen molar-refractivity contribution in [3.8, 4) is 0 Å². The fourth-order valence-corrected chi connectivity index (χ4v) is 3.81. The van der Waals surface area contributed by atoms with Crippen LogP contribution in [0.5, 0.6) is 0 Å². The van der Waals surface area contributed by atoms with Crippen molar-refractivity contribution in [2.24, 2.45) is 5.92 Å². The summed E-state index contributed by atoms with van der Waals surface area (Å²) >= 11 is 0. The van der Waals surface area contributed by atoms with E-state index >= 15 is 0 Å². The monoisotopic (exact) mass is 297 g/mol. The Hall–Kier alpha value is -1.19. The highest BCUT2D eigenvalue weighted by molar-refractivity contribution is 5.56. The molecule has 1 aromatic carbocycles. The third kappa shape index (κ3) is 3.19. The lowest BCUT2D eigenvalue weighted by molar-refractivity contribution is -0.184. The van der Waals surface area contributed by atoms with E-state index in [1.807, 2.05) is 12.1 Å². The van der Waals surface area contributed by atoms with Crippen LogP contribution in [0.1, 0.15) is 49.7 Å². The molecule has 1 saturated carbocycles. The molecule has 0 aliphatic heterocycles. The standard InChI is InChI=1S/C17H22F3N/c18-17(19,20)14-9-3-4-10-16(14)21-15-11-5-7-12-6-1-2-8-13(12)15/h5,7,11,14,16,21H,1-4,6,8-10H2. The molecule has 0 heterocycles. The van der Waals surface area contributed by atoms with Crippen LogP contribution in [0.4, 0.5) is 18.9 Å². The van der Waals surface area contributed by atoms with E-state index in [2.05, 4.69) is 11.4 Å². The van der Waals surface area contributed by atoms with Gasteiger partial charge < -0.3 is 5.32 Å². The Bertz CT molecular complexity index is 495. The van der Waals surface area contributed by atoms with E-state index < -0.39 is 18.1 Å². The largest absolute Gasteiger partial charge is 0.393 e. The van der Waals surface area contributed by atoms with Crippen molar-refractivity contribution in [3.63, 3.8) is 0 Å². The zero-order valence-corrected chi connectivity index (χ0v) is 12.2. The van der Waals surface area contributed by atoms with Gasteiger partial charge in [0.05, 0.1) is 5.92 Å². The fraction of sp³-hybridized carbons (Fsp3) is 0.647. The number of hydrogen-bond donors (Lipinski definition) is 1. The molecule has 1 aromatic rings. The summed E-state index contributed by atoms with van der Waals surface area (Å²) in [4.78, 5) is 0. The smallest absolute Gasteiger partial charge is 0.381 e. The van der Waals surface area contributed by atoms with Gasteiger partial charge in [-0.25, -0.2) is 0 Å². The summed E-state index contributed by atoms with van der Waals surface area (Å²) in [6.07, 6.45) is 2.73. The van der Waals surface area contributed by atoms with Crippen LogP contribution in [0.3, 0.4) is 0 Å². The summed E-state index contributed by atoms with van der Waals surface area (Å²) in [5, 5.41) is 3.25.